The number of hydrogen-bond acceptors (Lipinski definition) is 1. The molecule has 62 valence electrons. The molecule has 0 aromatic rings. The van der Waals surface area contributed by atoms with E-state index < -0.39 is 0 Å². The van der Waals surface area contributed by atoms with Crippen LogP contribution in [0.5, 0.6) is 0 Å². The normalized spacial score (nSPS) is 20.1. The number of carbonyl (C=O) groups excluding carboxylic acids is 1. The van der Waals surface area contributed by atoms with E-state index in [-0.39, 0.29) is 10.2 Å². The lowest BCUT2D eigenvalue weighted by Gasteiger charge is -2.34. The molecule has 1 aliphatic rings. The van der Waals surface area contributed by atoms with Crippen molar-refractivity contribution < 1.29 is 4.79 Å². The lowest BCUT2D eigenvalue weighted by Crippen LogP contribution is -2.46. The van der Waals surface area contributed by atoms with Gasteiger partial charge in [-0.05, 0) is 19.3 Å². The summed E-state index contributed by atoms with van der Waals surface area (Å²) in [5.74, 6) is 0.101. The van der Waals surface area contributed by atoms with Crippen LogP contribution >= 0.6 is 15.9 Å². The minimum absolute atomic E-state index is 0.101. The first-order valence-electron chi connectivity index (χ1n) is 3.77. The molecule has 0 saturated heterocycles. The topological polar surface area (TPSA) is 29.1 Å². The van der Waals surface area contributed by atoms with Gasteiger partial charge in [-0.1, -0.05) is 22.0 Å². The number of carbonyl (C=O) groups is 1. The number of alkyl halides is 1. The lowest BCUT2D eigenvalue weighted by molar-refractivity contribution is -0.124. The van der Waals surface area contributed by atoms with Gasteiger partial charge in [-0.2, -0.15) is 0 Å². The molecule has 1 N–H and O–H groups in total. The Morgan fingerprint density at radius 2 is 2.36 bits per heavy atom. The molecule has 0 atom stereocenters. The van der Waals surface area contributed by atoms with Gasteiger partial charge in [0.2, 0.25) is 5.91 Å². The van der Waals surface area contributed by atoms with E-state index in [4.69, 9.17) is 0 Å². The molecule has 0 heterocycles. The summed E-state index contributed by atoms with van der Waals surface area (Å²) in [5.41, 5.74) is 0. The zero-order valence-corrected chi connectivity index (χ0v) is 7.99. The van der Waals surface area contributed by atoms with Gasteiger partial charge in [-0.3, -0.25) is 4.79 Å². The van der Waals surface area contributed by atoms with Crippen molar-refractivity contribution in [3.8, 4) is 0 Å². The van der Waals surface area contributed by atoms with Gasteiger partial charge in [-0.15, -0.1) is 6.58 Å². The fraction of sp³-hybridized carbons (Fsp3) is 0.625. The van der Waals surface area contributed by atoms with Crippen LogP contribution in [0, 0.1) is 0 Å². The van der Waals surface area contributed by atoms with Crippen LogP contribution in [0.15, 0.2) is 12.7 Å². The van der Waals surface area contributed by atoms with Gasteiger partial charge in [0.15, 0.2) is 0 Å². The quantitative estimate of drug-likeness (QED) is 0.565. The van der Waals surface area contributed by atoms with Crippen LogP contribution in [0.2, 0.25) is 0 Å². The van der Waals surface area contributed by atoms with Gasteiger partial charge >= 0.3 is 0 Å². The van der Waals surface area contributed by atoms with Crippen LogP contribution in [0.1, 0.15) is 19.3 Å². The third kappa shape index (κ3) is 1.83. The predicted octanol–water partition coefficient (Wildman–Crippen LogP) is 1.61. The molecule has 0 aromatic heterocycles. The first-order chi connectivity index (χ1) is 5.19. The van der Waals surface area contributed by atoms with Gasteiger partial charge < -0.3 is 5.32 Å². The molecule has 0 radical (unpaired) electrons. The highest BCUT2D eigenvalue weighted by atomic mass is 79.9. The summed E-state index contributed by atoms with van der Waals surface area (Å²) in [6.45, 7) is 4.09. The second-order valence-corrected chi connectivity index (χ2v) is 4.34. The van der Waals surface area contributed by atoms with Crippen LogP contribution in [0.4, 0.5) is 0 Å². The Morgan fingerprint density at radius 1 is 1.73 bits per heavy atom. The molecule has 11 heavy (non-hydrogen) atoms. The summed E-state index contributed by atoms with van der Waals surface area (Å²) in [7, 11) is 0. The van der Waals surface area contributed by atoms with Crippen LogP contribution in [0.3, 0.4) is 0 Å². The highest BCUT2D eigenvalue weighted by molar-refractivity contribution is 9.10. The van der Waals surface area contributed by atoms with Crippen molar-refractivity contribution in [2.75, 3.05) is 6.54 Å². The van der Waals surface area contributed by atoms with Crippen molar-refractivity contribution >= 4 is 21.8 Å². The molecule has 3 heteroatoms. The zero-order valence-electron chi connectivity index (χ0n) is 6.40. The average molecular weight is 218 g/mol. The van der Waals surface area contributed by atoms with Crippen LogP contribution in [-0.4, -0.2) is 16.8 Å². The Kier molecular flexibility index (Phi) is 2.71. The number of rotatable bonds is 3. The molecule has 0 bridgehead atoms. The van der Waals surface area contributed by atoms with Gasteiger partial charge in [0.05, 0.1) is 0 Å². The number of halogens is 1. The van der Waals surface area contributed by atoms with Crippen LogP contribution in [0.25, 0.3) is 0 Å². The fourth-order valence-electron chi connectivity index (χ4n) is 1.04. The number of hydrogen-bond donors (Lipinski definition) is 1. The molecule has 0 unspecified atom stereocenters. The Labute approximate surface area is 75.2 Å². The summed E-state index contributed by atoms with van der Waals surface area (Å²) < 4.78 is -0.254. The maximum atomic E-state index is 11.3. The molecule has 0 aliphatic heterocycles. The van der Waals surface area contributed by atoms with Crippen LogP contribution in [-0.2, 0) is 4.79 Å². The molecule has 1 saturated carbocycles. The van der Waals surface area contributed by atoms with Crippen molar-refractivity contribution in [2.45, 2.75) is 23.6 Å². The van der Waals surface area contributed by atoms with Gasteiger partial charge in [-0.25, -0.2) is 0 Å². The lowest BCUT2D eigenvalue weighted by atomic mass is 9.84. The highest BCUT2D eigenvalue weighted by Gasteiger charge is 2.41. The van der Waals surface area contributed by atoms with Crippen molar-refractivity contribution in [3.05, 3.63) is 12.7 Å². The van der Waals surface area contributed by atoms with Gasteiger partial charge in [0.25, 0.3) is 0 Å². The third-order valence-corrected chi connectivity index (χ3v) is 3.11. The van der Waals surface area contributed by atoms with E-state index in [1.807, 2.05) is 0 Å². The Morgan fingerprint density at radius 3 is 2.73 bits per heavy atom. The SMILES string of the molecule is C=CCNC(=O)C1(Br)CCC1. The number of amides is 1. The van der Waals surface area contributed by atoms with Crippen LogP contribution < -0.4 is 5.32 Å². The van der Waals surface area contributed by atoms with E-state index in [1.165, 1.54) is 0 Å². The van der Waals surface area contributed by atoms with E-state index >= 15 is 0 Å². The maximum Gasteiger partial charge on any atom is 0.237 e. The van der Waals surface area contributed by atoms with Gasteiger partial charge in [0.1, 0.15) is 4.32 Å². The molecule has 2 nitrogen and oxygen atoms in total. The summed E-state index contributed by atoms with van der Waals surface area (Å²) in [4.78, 5) is 11.3. The summed E-state index contributed by atoms with van der Waals surface area (Å²) in [6.07, 6.45) is 4.74. The van der Waals surface area contributed by atoms with Crippen molar-refractivity contribution in [2.24, 2.45) is 0 Å². The molecular weight excluding hydrogens is 206 g/mol. The number of nitrogens with one attached hydrogen (secondary N) is 1. The monoisotopic (exact) mass is 217 g/mol. The smallest absolute Gasteiger partial charge is 0.237 e. The van der Waals surface area contributed by atoms with Crippen molar-refractivity contribution in [1.29, 1.82) is 0 Å². The van der Waals surface area contributed by atoms with E-state index in [0.29, 0.717) is 6.54 Å². The molecule has 0 spiro atoms. The minimum Gasteiger partial charge on any atom is -0.351 e. The predicted molar refractivity (Wildman–Crippen MR) is 48.7 cm³/mol. The van der Waals surface area contributed by atoms with E-state index in [0.717, 1.165) is 19.3 Å². The fourth-order valence-corrected chi connectivity index (χ4v) is 1.74. The molecule has 1 amide bonds. The Bertz CT molecular complexity index is 175. The molecular formula is C8H12BrNO. The summed E-state index contributed by atoms with van der Waals surface area (Å²) in [5, 5.41) is 2.77. The second kappa shape index (κ2) is 3.39. The van der Waals surface area contributed by atoms with E-state index in [1.54, 1.807) is 6.08 Å². The first kappa shape index (κ1) is 8.78. The zero-order chi connectivity index (χ0) is 8.32. The molecule has 1 fully saturated rings. The van der Waals surface area contributed by atoms with Gasteiger partial charge in [0, 0.05) is 6.54 Å². The Hall–Kier alpha value is -0.310. The van der Waals surface area contributed by atoms with E-state index in [2.05, 4.69) is 27.8 Å². The largest absolute Gasteiger partial charge is 0.351 e. The maximum absolute atomic E-state index is 11.3. The third-order valence-electron chi connectivity index (χ3n) is 1.96. The van der Waals surface area contributed by atoms with E-state index in [9.17, 15) is 4.79 Å². The molecule has 1 aliphatic carbocycles. The average Bonchev–Trinajstić information content (AvgIpc) is 1.95. The first-order valence-corrected chi connectivity index (χ1v) is 4.56. The highest BCUT2D eigenvalue weighted by Crippen LogP contribution is 2.40. The van der Waals surface area contributed by atoms with Crippen molar-refractivity contribution in [3.63, 3.8) is 0 Å². The minimum atomic E-state index is -0.254. The summed E-state index contributed by atoms with van der Waals surface area (Å²) in [6, 6.07) is 0. The second-order valence-electron chi connectivity index (χ2n) is 2.82. The molecule has 1 rings (SSSR count). The standard InChI is InChI=1S/C8H12BrNO/c1-2-6-10-7(11)8(9)4-3-5-8/h2H,1,3-6H2,(H,10,11). The Balaban J connectivity index is 2.34. The molecule has 0 aromatic carbocycles. The van der Waals surface area contributed by atoms with Crippen molar-refractivity contribution in [1.82, 2.24) is 5.32 Å². The summed E-state index contributed by atoms with van der Waals surface area (Å²) >= 11 is 3.42.